The summed E-state index contributed by atoms with van der Waals surface area (Å²) in [6.07, 6.45) is 7.54. The summed E-state index contributed by atoms with van der Waals surface area (Å²) < 4.78 is 0. The normalized spacial score (nSPS) is 16.7. The highest BCUT2D eigenvalue weighted by atomic mass is 15.2. The second kappa shape index (κ2) is 10.3. The summed E-state index contributed by atoms with van der Waals surface area (Å²) in [7, 11) is 0. The number of nitrogens with one attached hydrogen (secondary N) is 1. The van der Waals surface area contributed by atoms with Crippen molar-refractivity contribution < 1.29 is 0 Å². The molecular formula is C28H33N5. The van der Waals surface area contributed by atoms with Crippen LogP contribution in [0.4, 0.5) is 0 Å². The van der Waals surface area contributed by atoms with E-state index < -0.39 is 0 Å². The molecule has 0 spiro atoms. The van der Waals surface area contributed by atoms with Gasteiger partial charge in [0.1, 0.15) is 5.82 Å². The largest absolute Gasteiger partial charge is 0.341 e. The van der Waals surface area contributed by atoms with Crippen molar-refractivity contribution in [1.29, 1.82) is 0 Å². The van der Waals surface area contributed by atoms with E-state index >= 15 is 0 Å². The number of pyridine rings is 1. The van der Waals surface area contributed by atoms with Gasteiger partial charge in [0, 0.05) is 30.4 Å². The highest BCUT2D eigenvalue weighted by molar-refractivity contribution is 5.74. The zero-order chi connectivity index (χ0) is 22.5. The van der Waals surface area contributed by atoms with Crippen LogP contribution in [-0.4, -0.2) is 32.4 Å². The molecule has 2 aromatic carbocycles. The van der Waals surface area contributed by atoms with E-state index in [-0.39, 0.29) is 0 Å². The summed E-state index contributed by atoms with van der Waals surface area (Å²) in [4.78, 5) is 15.9. The van der Waals surface area contributed by atoms with Crippen LogP contribution in [0.5, 0.6) is 0 Å². The monoisotopic (exact) mass is 439 g/mol. The van der Waals surface area contributed by atoms with Crippen molar-refractivity contribution in [2.45, 2.75) is 57.2 Å². The predicted octanol–water partition coefficient (Wildman–Crippen LogP) is 5.19. The molecule has 1 aliphatic rings. The maximum Gasteiger partial charge on any atom is 0.121 e. The first-order valence-corrected chi connectivity index (χ1v) is 12.2. The maximum absolute atomic E-state index is 6.00. The van der Waals surface area contributed by atoms with Gasteiger partial charge in [-0.25, -0.2) is 4.98 Å². The lowest BCUT2D eigenvalue weighted by Crippen LogP contribution is -2.41. The summed E-state index contributed by atoms with van der Waals surface area (Å²) in [6.45, 7) is 2.37. The van der Waals surface area contributed by atoms with Crippen molar-refractivity contribution in [3.8, 4) is 0 Å². The molecule has 33 heavy (non-hydrogen) atoms. The van der Waals surface area contributed by atoms with Crippen LogP contribution in [0.15, 0.2) is 72.9 Å². The first kappa shape index (κ1) is 21.8. The van der Waals surface area contributed by atoms with Crippen molar-refractivity contribution in [3.63, 3.8) is 0 Å². The van der Waals surface area contributed by atoms with Crippen LogP contribution in [-0.2, 0) is 19.5 Å². The van der Waals surface area contributed by atoms with E-state index in [0.29, 0.717) is 18.5 Å². The number of imidazole rings is 1. The second-order valence-corrected chi connectivity index (χ2v) is 9.14. The molecule has 0 amide bonds. The standard InChI is InChI=1S/C28H33N5/c29-17-7-16-26(23-13-6-11-22-12-8-18-30-28(22)23)33(19-21-9-2-1-3-10-21)20-27-31-24-14-4-5-15-25(24)32-27/h1-5,8-10,12,14-15,18,23,26H,6-7,11,13,16-17,19-20,29H2,(H,31,32). The average Bonchev–Trinajstić information content (AvgIpc) is 3.27. The molecule has 1 aliphatic carbocycles. The number of H-pyrrole nitrogens is 1. The first-order chi connectivity index (χ1) is 16.3. The number of aromatic nitrogens is 3. The molecule has 0 radical (unpaired) electrons. The highest BCUT2D eigenvalue weighted by Crippen LogP contribution is 2.37. The molecule has 5 nitrogen and oxygen atoms in total. The van der Waals surface area contributed by atoms with Crippen molar-refractivity contribution in [2.24, 2.45) is 5.73 Å². The molecule has 5 heteroatoms. The number of aryl methyl sites for hydroxylation is 1. The SMILES string of the molecule is NCCCC(C1CCCc2cccnc21)N(Cc1ccccc1)Cc1nc2ccccc2[nH]1. The van der Waals surface area contributed by atoms with Gasteiger partial charge in [0.15, 0.2) is 0 Å². The van der Waals surface area contributed by atoms with Crippen LogP contribution >= 0.6 is 0 Å². The van der Waals surface area contributed by atoms with Crippen LogP contribution in [0.1, 0.15) is 54.2 Å². The molecular weight excluding hydrogens is 406 g/mol. The number of para-hydroxylation sites is 2. The van der Waals surface area contributed by atoms with Crippen molar-refractivity contribution >= 4 is 11.0 Å². The summed E-state index contributed by atoms with van der Waals surface area (Å²) in [6, 6.07) is 23.7. The molecule has 0 bridgehead atoms. The van der Waals surface area contributed by atoms with E-state index in [9.17, 15) is 0 Å². The molecule has 0 saturated heterocycles. The molecule has 0 fully saturated rings. The molecule has 0 aliphatic heterocycles. The van der Waals surface area contributed by atoms with Gasteiger partial charge in [0.05, 0.1) is 17.6 Å². The Kier molecular flexibility index (Phi) is 6.79. The van der Waals surface area contributed by atoms with E-state index in [1.807, 2.05) is 12.3 Å². The molecule has 2 atom stereocenters. The highest BCUT2D eigenvalue weighted by Gasteiger charge is 2.33. The Morgan fingerprint density at radius 1 is 1.00 bits per heavy atom. The molecule has 5 rings (SSSR count). The van der Waals surface area contributed by atoms with Crippen LogP contribution in [0.3, 0.4) is 0 Å². The third kappa shape index (κ3) is 5.00. The predicted molar refractivity (Wildman–Crippen MR) is 134 cm³/mol. The topological polar surface area (TPSA) is 70.8 Å². The molecule has 2 unspecified atom stereocenters. The summed E-state index contributed by atoms with van der Waals surface area (Å²) in [5.74, 6) is 1.43. The van der Waals surface area contributed by atoms with Gasteiger partial charge in [-0.3, -0.25) is 9.88 Å². The quantitative estimate of drug-likeness (QED) is 0.377. The second-order valence-electron chi connectivity index (χ2n) is 9.14. The number of benzene rings is 2. The Bertz CT molecular complexity index is 1140. The Morgan fingerprint density at radius 3 is 2.70 bits per heavy atom. The smallest absolute Gasteiger partial charge is 0.121 e. The number of nitrogens with zero attached hydrogens (tertiary/aromatic N) is 3. The van der Waals surface area contributed by atoms with E-state index in [2.05, 4.69) is 70.5 Å². The van der Waals surface area contributed by atoms with Crippen molar-refractivity contribution in [2.75, 3.05) is 6.54 Å². The van der Waals surface area contributed by atoms with Crippen molar-refractivity contribution in [1.82, 2.24) is 19.9 Å². The summed E-state index contributed by atoms with van der Waals surface area (Å²) in [5.41, 5.74) is 12.1. The summed E-state index contributed by atoms with van der Waals surface area (Å²) in [5, 5.41) is 0. The lowest BCUT2D eigenvalue weighted by Gasteiger charge is -2.39. The van der Waals surface area contributed by atoms with Crippen LogP contribution in [0.2, 0.25) is 0 Å². The van der Waals surface area contributed by atoms with Crippen LogP contribution < -0.4 is 5.73 Å². The van der Waals surface area contributed by atoms with Gasteiger partial charge in [0.2, 0.25) is 0 Å². The minimum Gasteiger partial charge on any atom is -0.341 e. The third-order valence-electron chi connectivity index (χ3n) is 6.90. The fourth-order valence-electron chi connectivity index (χ4n) is 5.37. The van der Waals surface area contributed by atoms with E-state index in [1.165, 1.54) is 29.7 Å². The molecule has 4 aromatic rings. The molecule has 170 valence electrons. The van der Waals surface area contributed by atoms with Crippen molar-refractivity contribution in [3.05, 3.63) is 95.6 Å². The Hall–Kier alpha value is -3.02. The lowest BCUT2D eigenvalue weighted by molar-refractivity contribution is 0.130. The lowest BCUT2D eigenvalue weighted by atomic mass is 9.79. The van der Waals surface area contributed by atoms with Gasteiger partial charge in [-0.1, -0.05) is 48.5 Å². The molecule has 0 saturated carbocycles. The van der Waals surface area contributed by atoms with Gasteiger partial charge < -0.3 is 10.7 Å². The van der Waals surface area contributed by atoms with E-state index in [0.717, 1.165) is 49.2 Å². The molecule has 2 aromatic heterocycles. The van der Waals surface area contributed by atoms with Gasteiger partial charge in [-0.15, -0.1) is 0 Å². The fraction of sp³-hybridized carbons (Fsp3) is 0.357. The average molecular weight is 440 g/mol. The minimum atomic E-state index is 0.357. The van der Waals surface area contributed by atoms with Crippen LogP contribution in [0.25, 0.3) is 11.0 Å². The van der Waals surface area contributed by atoms with Gasteiger partial charge in [0.25, 0.3) is 0 Å². The van der Waals surface area contributed by atoms with Gasteiger partial charge >= 0.3 is 0 Å². The number of aromatic amines is 1. The molecule has 2 heterocycles. The number of hydrogen-bond acceptors (Lipinski definition) is 4. The van der Waals surface area contributed by atoms with Gasteiger partial charge in [-0.2, -0.15) is 0 Å². The first-order valence-electron chi connectivity index (χ1n) is 12.2. The Labute approximate surface area is 196 Å². The van der Waals surface area contributed by atoms with E-state index in [1.54, 1.807) is 0 Å². The minimum absolute atomic E-state index is 0.357. The Morgan fingerprint density at radius 2 is 1.85 bits per heavy atom. The zero-order valence-electron chi connectivity index (χ0n) is 19.2. The van der Waals surface area contributed by atoms with Crippen LogP contribution in [0, 0.1) is 0 Å². The van der Waals surface area contributed by atoms with E-state index in [4.69, 9.17) is 15.7 Å². The number of fused-ring (bicyclic) bond motifs is 2. The molecule has 3 N–H and O–H groups in total. The fourth-order valence-corrected chi connectivity index (χ4v) is 5.37. The number of rotatable bonds is 9. The van der Waals surface area contributed by atoms with Gasteiger partial charge in [-0.05, 0) is 68.0 Å². The summed E-state index contributed by atoms with van der Waals surface area (Å²) >= 11 is 0. The Balaban J connectivity index is 1.51. The maximum atomic E-state index is 6.00. The zero-order valence-corrected chi connectivity index (χ0v) is 19.2. The third-order valence-corrected chi connectivity index (χ3v) is 6.90. The number of hydrogen-bond donors (Lipinski definition) is 2. The number of nitrogens with two attached hydrogens (primary N) is 1.